The summed E-state index contributed by atoms with van der Waals surface area (Å²) < 4.78 is 13.3. The van der Waals surface area contributed by atoms with Gasteiger partial charge < -0.3 is 15.1 Å². The average molecular weight is 453 g/mol. The van der Waals surface area contributed by atoms with Crippen LogP contribution in [0.3, 0.4) is 0 Å². The predicted octanol–water partition coefficient (Wildman–Crippen LogP) is 4.45. The molecule has 1 saturated heterocycles. The van der Waals surface area contributed by atoms with Gasteiger partial charge in [-0.3, -0.25) is 9.69 Å². The van der Waals surface area contributed by atoms with Gasteiger partial charge in [0.1, 0.15) is 5.82 Å². The standard InChI is InChI=1S/C27H37FN4O/c1-30(2)24-12-8-21(9-13-24)26(20-29-27(33)22-6-4-3-5-7-22)32-18-16-31(17-19-32)25-14-10-23(28)11-15-25/h8-15,22,26H,3-7,16-20H2,1-2H3,(H,29,33)/t26-/m0/s1. The van der Waals surface area contributed by atoms with E-state index in [1.165, 1.54) is 42.6 Å². The van der Waals surface area contributed by atoms with Crippen LogP contribution in [-0.2, 0) is 4.79 Å². The molecule has 2 aromatic rings. The number of hydrogen-bond donors (Lipinski definition) is 1. The highest BCUT2D eigenvalue weighted by molar-refractivity contribution is 5.78. The van der Waals surface area contributed by atoms with E-state index in [0.717, 1.165) is 44.7 Å². The predicted molar refractivity (Wildman–Crippen MR) is 133 cm³/mol. The molecule has 0 radical (unpaired) electrons. The van der Waals surface area contributed by atoms with Crippen molar-refractivity contribution in [2.75, 3.05) is 56.6 Å². The van der Waals surface area contributed by atoms with E-state index >= 15 is 0 Å². The Balaban J connectivity index is 1.44. The third-order valence-corrected chi connectivity index (χ3v) is 7.19. The summed E-state index contributed by atoms with van der Waals surface area (Å²) in [6, 6.07) is 15.6. The molecule has 1 aliphatic carbocycles. The monoisotopic (exact) mass is 452 g/mol. The number of benzene rings is 2. The van der Waals surface area contributed by atoms with Crippen molar-refractivity contribution >= 4 is 17.3 Å². The first kappa shape index (κ1) is 23.6. The van der Waals surface area contributed by atoms with Crippen molar-refractivity contribution in [2.24, 2.45) is 5.92 Å². The van der Waals surface area contributed by atoms with Crippen LogP contribution in [-0.4, -0.2) is 57.6 Å². The molecule has 33 heavy (non-hydrogen) atoms. The number of anilines is 2. The summed E-state index contributed by atoms with van der Waals surface area (Å²) in [4.78, 5) is 19.7. The van der Waals surface area contributed by atoms with Crippen molar-refractivity contribution in [3.63, 3.8) is 0 Å². The first-order valence-electron chi connectivity index (χ1n) is 12.3. The third kappa shape index (κ3) is 6.05. The van der Waals surface area contributed by atoms with Crippen LogP contribution in [0.2, 0.25) is 0 Å². The number of rotatable bonds is 7. The Hall–Kier alpha value is -2.60. The number of amides is 1. The Morgan fingerprint density at radius 3 is 2.21 bits per heavy atom. The number of nitrogens with zero attached hydrogens (tertiary/aromatic N) is 3. The van der Waals surface area contributed by atoms with Gasteiger partial charge in [0, 0.05) is 64.1 Å². The van der Waals surface area contributed by atoms with Crippen LogP contribution in [0.15, 0.2) is 48.5 Å². The second-order valence-electron chi connectivity index (χ2n) is 9.58. The van der Waals surface area contributed by atoms with E-state index in [1.807, 2.05) is 26.2 Å². The van der Waals surface area contributed by atoms with E-state index in [9.17, 15) is 9.18 Å². The van der Waals surface area contributed by atoms with Gasteiger partial charge in [-0.2, -0.15) is 0 Å². The Kier molecular flexibility index (Phi) is 7.86. The Bertz CT molecular complexity index is 885. The normalized spacial score (nSPS) is 18.7. The number of halogens is 1. The van der Waals surface area contributed by atoms with Crippen LogP contribution in [0, 0.1) is 11.7 Å². The van der Waals surface area contributed by atoms with Crippen LogP contribution in [0.1, 0.15) is 43.7 Å². The molecule has 4 rings (SSSR count). The number of carbonyl (C=O) groups is 1. The molecule has 178 valence electrons. The number of hydrogen-bond acceptors (Lipinski definition) is 4. The zero-order valence-corrected chi connectivity index (χ0v) is 20.0. The summed E-state index contributed by atoms with van der Waals surface area (Å²) in [5.74, 6) is 0.188. The molecule has 1 amide bonds. The molecule has 1 aliphatic heterocycles. The number of nitrogens with one attached hydrogen (secondary N) is 1. The lowest BCUT2D eigenvalue weighted by Gasteiger charge is -2.40. The molecule has 0 aromatic heterocycles. The van der Waals surface area contributed by atoms with Gasteiger partial charge in [0.05, 0.1) is 6.04 Å². The van der Waals surface area contributed by atoms with E-state index < -0.39 is 0 Å². The molecule has 1 heterocycles. The maximum absolute atomic E-state index is 13.3. The second-order valence-corrected chi connectivity index (χ2v) is 9.58. The molecule has 2 fully saturated rings. The lowest BCUT2D eigenvalue weighted by Crippen LogP contribution is -2.50. The first-order chi connectivity index (χ1) is 16.0. The molecule has 5 nitrogen and oxygen atoms in total. The van der Waals surface area contributed by atoms with Gasteiger partial charge in [0.2, 0.25) is 5.91 Å². The maximum Gasteiger partial charge on any atom is 0.223 e. The smallest absolute Gasteiger partial charge is 0.223 e. The van der Waals surface area contributed by atoms with E-state index in [0.29, 0.717) is 6.54 Å². The fourth-order valence-electron chi connectivity index (χ4n) is 5.10. The van der Waals surface area contributed by atoms with Crippen LogP contribution >= 0.6 is 0 Å². The van der Waals surface area contributed by atoms with Crippen LogP contribution in [0.4, 0.5) is 15.8 Å². The van der Waals surface area contributed by atoms with Gasteiger partial charge >= 0.3 is 0 Å². The summed E-state index contributed by atoms with van der Waals surface area (Å²) in [5.41, 5.74) is 3.47. The zero-order chi connectivity index (χ0) is 23.2. The van der Waals surface area contributed by atoms with E-state index in [2.05, 4.69) is 44.3 Å². The molecule has 0 spiro atoms. The minimum absolute atomic E-state index is 0.143. The molecular formula is C27H37FN4O. The zero-order valence-electron chi connectivity index (χ0n) is 20.0. The SMILES string of the molecule is CN(C)c1ccc([C@H](CNC(=O)C2CCCCC2)N2CCN(c3ccc(F)cc3)CC2)cc1. The van der Waals surface area contributed by atoms with Gasteiger partial charge in [0.25, 0.3) is 0 Å². The molecule has 6 heteroatoms. The van der Waals surface area contributed by atoms with Gasteiger partial charge in [-0.25, -0.2) is 4.39 Å². The van der Waals surface area contributed by atoms with E-state index in [-0.39, 0.29) is 23.7 Å². The van der Waals surface area contributed by atoms with Crippen LogP contribution in [0.25, 0.3) is 0 Å². The van der Waals surface area contributed by atoms with Gasteiger partial charge in [0.15, 0.2) is 0 Å². The van der Waals surface area contributed by atoms with Gasteiger partial charge in [-0.05, 0) is 54.8 Å². The molecule has 0 bridgehead atoms. The first-order valence-corrected chi connectivity index (χ1v) is 12.3. The molecule has 2 aromatic carbocycles. The molecular weight excluding hydrogens is 415 g/mol. The fraction of sp³-hybridized carbons (Fsp3) is 0.519. The highest BCUT2D eigenvalue weighted by Gasteiger charge is 2.27. The summed E-state index contributed by atoms with van der Waals surface area (Å²) in [6.07, 6.45) is 5.62. The van der Waals surface area contributed by atoms with E-state index in [4.69, 9.17) is 0 Å². The second kappa shape index (κ2) is 11.0. The number of carbonyl (C=O) groups excluding carboxylic acids is 1. The highest BCUT2D eigenvalue weighted by Crippen LogP contribution is 2.27. The highest BCUT2D eigenvalue weighted by atomic mass is 19.1. The quantitative estimate of drug-likeness (QED) is 0.674. The van der Waals surface area contributed by atoms with Crippen molar-refractivity contribution in [2.45, 2.75) is 38.1 Å². The van der Waals surface area contributed by atoms with Crippen molar-refractivity contribution in [1.82, 2.24) is 10.2 Å². The third-order valence-electron chi connectivity index (χ3n) is 7.19. The minimum atomic E-state index is -0.202. The summed E-state index contributed by atoms with van der Waals surface area (Å²) in [5, 5.41) is 3.29. The van der Waals surface area contributed by atoms with Crippen LogP contribution < -0.4 is 15.1 Å². The summed E-state index contributed by atoms with van der Waals surface area (Å²) >= 11 is 0. The number of piperazine rings is 1. The van der Waals surface area contributed by atoms with Crippen molar-refractivity contribution < 1.29 is 9.18 Å². The van der Waals surface area contributed by atoms with E-state index in [1.54, 1.807) is 0 Å². The molecule has 1 saturated carbocycles. The maximum atomic E-state index is 13.3. The largest absolute Gasteiger partial charge is 0.378 e. The molecule has 1 N–H and O–H groups in total. The topological polar surface area (TPSA) is 38.8 Å². The van der Waals surface area contributed by atoms with Gasteiger partial charge in [-0.1, -0.05) is 31.4 Å². The molecule has 2 aliphatic rings. The lowest BCUT2D eigenvalue weighted by molar-refractivity contribution is -0.126. The molecule has 0 unspecified atom stereocenters. The average Bonchev–Trinajstić information content (AvgIpc) is 2.86. The lowest BCUT2D eigenvalue weighted by atomic mass is 9.88. The van der Waals surface area contributed by atoms with Crippen LogP contribution in [0.5, 0.6) is 0 Å². The van der Waals surface area contributed by atoms with Crippen molar-refractivity contribution in [3.8, 4) is 0 Å². The van der Waals surface area contributed by atoms with Crippen molar-refractivity contribution in [3.05, 3.63) is 59.9 Å². The Labute approximate surface area is 197 Å². The van der Waals surface area contributed by atoms with Gasteiger partial charge in [-0.15, -0.1) is 0 Å². The Morgan fingerprint density at radius 1 is 0.970 bits per heavy atom. The molecule has 1 atom stereocenters. The summed E-state index contributed by atoms with van der Waals surface area (Å²) in [6.45, 7) is 4.20. The summed E-state index contributed by atoms with van der Waals surface area (Å²) in [7, 11) is 4.09. The minimum Gasteiger partial charge on any atom is -0.378 e. The Morgan fingerprint density at radius 2 is 1.61 bits per heavy atom. The van der Waals surface area contributed by atoms with Crippen molar-refractivity contribution in [1.29, 1.82) is 0 Å². The fourth-order valence-corrected chi connectivity index (χ4v) is 5.10.